The summed E-state index contributed by atoms with van der Waals surface area (Å²) in [4.78, 5) is 20.7. The van der Waals surface area contributed by atoms with Crippen LogP contribution in [0.15, 0.2) is 45.3 Å². The second-order valence-corrected chi connectivity index (χ2v) is 7.04. The van der Waals surface area contributed by atoms with Crippen molar-refractivity contribution in [1.29, 1.82) is 0 Å². The van der Waals surface area contributed by atoms with Crippen LogP contribution in [-0.2, 0) is 12.7 Å². The van der Waals surface area contributed by atoms with E-state index in [1.807, 2.05) is 0 Å². The quantitative estimate of drug-likeness (QED) is 0.642. The first-order valence-corrected chi connectivity index (χ1v) is 9.38. The first kappa shape index (κ1) is 20.1. The molecule has 0 atom stereocenters. The van der Waals surface area contributed by atoms with Crippen molar-refractivity contribution in [3.63, 3.8) is 0 Å². The molecule has 1 saturated heterocycles. The molecule has 1 aliphatic heterocycles. The van der Waals surface area contributed by atoms with Crippen LogP contribution in [0.3, 0.4) is 0 Å². The van der Waals surface area contributed by atoms with Crippen molar-refractivity contribution >= 4 is 5.91 Å². The van der Waals surface area contributed by atoms with E-state index in [0.29, 0.717) is 44.4 Å². The SMILES string of the molecule is Cc1nc(CN2CCN(C(=O)c3ccc(-c4cccc(C(F)(F)F)c4)o3)CC2)no1. The van der Waals surface area contributed by atoms with Crippen LogP contribution in [0.4, 0.5) is 13.2 Å². The molecule has 30 heavy (non-hydrogen) atoms. The lowest BCUT2D eigenvalue weighted by molar-refractivity contribution is -0.137. The zero-order valence-electron chi connectivity index (χ0n) is 16.1. The van der Waals surface area contributed by atoms with E-state index in [4.69, 9.17) is 8.94 Å². The second-order valence-electron chi connectivity index (χ2n) is 7.04. The van der Waals surface area contributed by atoms with Gasteiger partial charge in [-0.2, -0.15) is 18.2 Å². The van der Waals surface area contributed by atoms with Gasteiger partial charge in [0.2, 0.25) is 5.89 Å². The van der Waals surface area contributed by atoms with E-state index in [0.717, 1.165) is 12.1 Å². The first-order chi connectivity index (χ1) is 14.3. The third kappa shape index (κ3) is 4.38. The Morgan fingerprint density at radius 1 is 1.13 bits per heavy atom. The highest BCUT2D eigenvalue weighted by molar-refractivity contribution is 5.92. The summed E-state index contributed by atoms with van der Waals surface area (Å²) in [5.41, 5.74) is -0.499. The predicted molar refractivity (Wildman–Crippen MR) is 99.4 cm³/mol. The fraction of sp³-hybridized carbons (Fsp3) is 0.350. The van der Waals surface area contributed by atoms with Gasteiger partial charge in [0.05, 0.1) is 12.1 Å². The van der Waals surface area contributed by atoms with E-state index in [1.165, 1.54) is 24.3 Å². The molecular formula is C20H19F3N4O3. The van der Waals surface area contributed by atoms with Crippen molar-refractivity contribution in [3.8, 4) is 11.3 Å². The molecule has 4 rings (SSSR count). The maximum Gasteiger partial charge on any atom is 0.416 e. The minimum atomic E-state index is -4.44. The summed E-state index contributed by atoms with van der Waals surface area (Å²) in [6.45, 7) is 4.54. The molecule has 0 bridgehead atoms. The van der Waals surface area contributed by atoms with Gasteiger partial charge in [0.1, 0.15) is 5.76 Å². The zero-order valence-corrected chi connectivity index (χ0v) is 16.1. The number of benzene rings is 1. The Morgan fingerprint density at radius 2 is 1.90 bits per heavy atom. The van der Waals surface area contributed by atoms with Gasteiger partial charge in [-0.25, -0.2) is 0 Å². The van der Waals surface area contributed by atoms with Gasteiger partial charge in [0, 0.05) is 38.7 Å². The molecule has 0 N–H and O–H groups in total. The molecule has 0 unspecified atom stereocenters. The molecular weight excluding hydrogens is 401 g/mol. The van der Waals surface area contributed by atoms with Crippen LogP contribution in [0.25, 0.3) is 11.3 Å². The second kappa shape index (κ2) is 7.94. The molecule has 1 amide bonds. The Morgan fingerprint density at radius 3 is 2.57 bits per heavy atom. The fourth-order valence-electron chi connectivity index (χ4n) is 3.33. The fourth-order valence-corrected chi connectivity index (χ4v) is 3.33. The molecule has 0 radical (unpaired) electrons. The van der Waals surface area contributed by atoms with Crippen LogP contribution < -0.4 is 0 Å². The average molecular weight is 420 g/mol. The number of furan rings is 1. The summed E-state index contributed by atoms with van der Waals surface area (Å²) >= 11 is 0. The van der Waals surface area contributed by atoms with Crippen molar-refractivity contribution in [2.75, 3.05) is 26.2 Å². The van der Waals surface area contributed by atoms with Crippen molar-refractivity contribution in [3.05, 3.63) is 59.4 Å². The normalized spacial score (nSPS) is 15.5. The van der Waals surface area contributed by atoms with Gasteiger partial charge < -0.3 is 13.8 Å². The van der Waals surface area contributed by atoms with Crippen molar-refractivity contribution in [2.24, 2.45) is 0 Å². The number of aromatic nitrogens is 2. The zero-order chi connectivity index (χ0) is 21.3. The molecule has 3 heterocycles. The molecule has 7 nitrogen and oxygen atoms in total. The minimum absolute atomic E-state index is 0.102. The summed E-state index contributed by atoms with van der Waals surface area (Å²) in [5.74, 6) is 1.14. The summed E-state index contributed by atoms with van der Waals surface area (Å²) in [6.07, 6.45) is -4.44. The van der Waals surface area contributed by atoms with Gasteiger partial charge in [-0.1, -0.05) is 17.3 Å². The van der Waals surface area contributed by atoms with Gasteiger partial charge in [-0.05, 0) is 24.3 Å². The van der Waals surface area contributed by atoms with E-state index in [1.54, 1.807) is 11.8 Å². The monoisotopic (exact) mass is 420 g/mol. The molecule has 158 valence electrons. The highest BCUT2D eigenvalue weighted by Crippen LogP contribution is 2.32. The Hall–Kier alpha value is -3.14. The van der Waals surface area contributed by atoms with Crippen LogP contribution in [-0.4, -0.2) is 52.0 Å². The number of carbonyl (C=O) groups is 1. The third-order valence-corrected chi connectivity index (χ3v) is 4.89. The van der Waals surface area contributed by atoms with E-state index < -0.39 is 11.7 Å². The molecule has 0 spiro atoms. The molecule has 1 aliphatic rings. The largest absolute Gasteiger partial charge is 0.451 e. The standard InChI is InChI=1S/C20H19F3N4O3/c1-13-24-18(25-30-13)12-26-7-9-27(10-8-26)19(28)17-6-5-16(29-17)14-3-2-4-15(11-14)20(21,22)23/h2-6,11H,7-10,12H2,1H3. The van der Waals surface area contributed by atoms with Crippen LogP contribution in [0.2, 0.25) is 0 Å². The lowest BCUT2D eigenvalue weighted by Gasteiger charge is -2.33. The molecule has 2 aromatic heterocycles. The number of halogens is 3. The number of nitrogens with zero attached hydrogens (tertiary/aromatic N) is 4. The summed E-state index contributed by atoms with van der Waals surface area (Å²) in [6, 6.07) is 7.83. The van der Waals surface area contributed by atoms with Gasteiger partial charge in [0.25, 0.3) is 5.91 Å². The number of amides is 1. The smallest absolute Gasteiger partial charge is 0.416 e. The molecule has 10 heteroatoms. The Labute approximate surface area is 170 Å². The van der Waals surface area contributed by atoms with Crippen LogP contribution in [0.1, 0.15) is 27.8 Å². The van der Waals surface area contributed by atoms with E-state index in [9.17, 15) is 18.0 Å². The number of carbonyl (C=O) groups excluding carboxylic acids is 1. The highest BCUT2D eigenvalue weighted by Gasteiger charge is 2.31. The molecule has 3 aromatic rings. The molecule has 1 aromatic carbocycles. The third-order valence-electron chi connectivity index (χ3n) is 4.89. The maximum atomic E-state index is 12.9. The highest BCUT2D eigenvalue weighted by atomic mass is 19.4. The van der Waals surface area contributed by atoms with Crippen molar-refractivity contribution in [1.82, 2.24) is 19.9 Å². The van der Waals surface area contributed by atoms with Gasteiger partial charge in [-0.15, -0.1) is 0 Å². The van der Waals surface area contributed by atoms with E-state index in [2.05, 4.69) is 15.0 Å². The van der Waals surface area contributed by atoms with E-state index in [-0.39, 0.29) is 23.0 Å². The Balaban J connectivity index is 1.39. The van der Waals surface area contributed by atoms with Crippen LogP contribution in [0, 0.1) is 6.92 Å². The molecule has 0 aliphatic carbocycles. The van der Waals surface area contributed by atoms with E-state index >= 15 is 0 Å². The van der Waals surface area contributed by atoms with Gasteiger partial charge in [-0.3, -0.25) is 9.69 Å². The number of alkyl halides is 3. The van der Waals surface area contributed by atoms with Crippen LogP contribution in [0.5, 0.6) is 0 Å². The predicted octanol–water partition coefficient (Wildman–Crippen LogP) is 3.61. The molecule has 1 fully saturated rings. The summed E-state index contributed by atoms with van der Waals surface area (Å²) in [5, 5.41) is 3.87. The topological polar surface area (TPSA) is 75.6 Å². The minimum Gasteiger partial charge on any atom is -0.451 e. The number of aryl methyl sites for hydroxylation is 1. The number of rotatable bonds is 4. The van der Waals surface area contributed by atoms with Gasteiger partial charge >= 0.3 is 6.18 Å². The van der Waals surface area contributed by atoms with Crippen molar-refractivity contribution in [2.45, 2.75) is 19.6 Å². The number of piperazine rings is 1. The molecule has 0 saturated carbocycles. The first-order valence-electron chi connectivity index (χ1n) is 9.38. The summed E-state index contributed by atoms with van der Waals surface area (Å²) < 4.78 is 49.3. The maximum absolute atomic E-state index is 12.9. The lowest BCUT2D eigenvalue weighted by atomic mass is 10.1. The van der Waals surface area contributed by atoms with Crippen LogP contribution >= 0.6 is 0 Å². The number of hydrogen-bond acceptors (Lipinski definition) is 6. The number of hydrogen-bond donors (Lipinski definition) is 0. The Bertz CT molecular complexity index is 1040. The summed E-state index contributed by atoms with van der Waals surface area (Å²) in [7, 11) is 0. The Kier molecular flexibility index (Phi) is 5.33. The lowest BCUT2D eigenvalue weighted by Crippen LogP contribution is -2.48. The van der Waals surface area contributed by atoms with Gasteiger partial charge in [0.15, 0.2) is 11.6 Å². The van der Waals surface area contributed by atoms with Crippen molar-refractivity contribution < 1.29 is 26.9 Å². The average Bonchev–Trinajstić information content (AvgIpc) is 3.37.